The maximum absolute atomic E-state index is 12.8. The molecule has 0 spiro atoms. The molecule has 9 nitrogen and oxygen atoms in total. The van der Waals surface area contributed by atoms with Crippen molar-refractivity contribution in [1.29, 1.82) is 0 Å². The average molecular weight is 499 g/mol. The molecule has 0 unspecified atom stereocenters. The van der Waals surface area contributed by atoms with Crippen LogP contribution in [-0.4, -0.2) is 70.2 Å². The first kappa shape index (κ1) is 24.4. The molecule has 3 heterocycles. The summed E-state index contributed by atoms with van der Waals surface area (Å²) in [5, 5.41) is 3.34. The van der Waals surface area contributed by atoms with Crippen LogP contribution in [0.5, 0.6) is 0 Å². The number of imide groups is 1. The van der Waals surface area contributed by atoms with Crippen LogP contribution in [0.3, 0.4) is 0 Å². The quantitative estimate of drug-likeness (QED) is 0.497. The van der Waals surface area contributed by atoms with Gasteiger partial charge in [0.1, 0.15) is 5.82 Å². The predicted octanol–water partition coefficient (Wildman–Crippen LogP) is 3.56. The summed E-state index contributed by atoms with van der Waals surface area (Å²) in [4.78, 5) is 52.3. The van der Waals surface area contributed by atoms with E-state index in [0.717, 1.165) is 17.2 Å². The molecule has 2 aliphatic heterocycles. The summed E-state index contributed by atoms with van der Waals surface area (Å²) in [7, 11) is 0. The summed E-state index contributed by atoms with van der Waals surface area (Å²) in [5.74, 6) is 0.848. The lowest BCUT2D eigenvalue weighted by molar-refractivity contribution is -0.131. The largest absolute Gasteiger partial charge is 0.340 e. The van der Waals surface area contributed by atoms with Crippen molar-refractivity contribution in [1.82, 2.24) is 19.8 Å². The van der Waals surface area contributed by atoms with E-state index in [-0.39, 0.29) is 24.3 Å². The zero-order valence-electron chi connectivity index (χ0n) is 21.1. The Kier molecular flexibility index (Phi) is 6.85. The molecule has 0 radical (unpaired) electrons. The summed E-state index contributed by atoms with van der Waals surface area (Å²) < 4.78 is 0. The smallest absolute Gasteiger partial charge is 0.261 e. The van der Waals surface area contributed by atoms with Crippen molar-refractivity contribution in [2.24, 2.45) is 0 Å². The molecule has 0 saturated carbocycles. The molecule has 1 saturated heterocycles. The number of nitrogens with one attached hydrogen (secondary N) is 1. The van der Waals surface area contributed by atoms with E-state index in [1.54, 1.807) is 24.3 Å². The van der Waals surface area contributed by atoms with Crippen LogP contribution in [-0.2, 0) is 4.79 Å². The fourth-order valence-corrected chi connectivity index (χ4v) is 4.69. The normalized spacial score (nSPS) is 15.2. The van der Waals surface area contributed by atoms with Gasteiger partial charge in [-0.2, -0.15) is 4.98 Å². The van der Waals surface area contributed by atoms with Crippen molar-refractivity contribution in [2.75, 3.05) is 42.9 Å². The number of aromatic nitrogens is 2. The van der Waals surface area contributed by atoms with Gasteiger partial charge in [-0.15, -0.1) is 0 Å². The van der Waals surface area contributed by atoms with Crippen LogP contribution in [0.4, 0.5) is 17.5 Å². The standard InChI is InChI=1S/C28H30N6O3/c1-19-9-11-21(12-10-19)30-24-18-20(2)29-28(31-24)33-16-14-32(15-17-33)25(35)8-5-13-34-26(36)22-6-3-4-7-23(22)27(34)37/h3-4,6-7,9-12,18H,5,8,13-17H2,1-2H3,(H,29,30,31). The number of anilines is 3. The number of rotatable bonds is 7. The first-order chi connectivity index (χ1) is 17.9. The van der Waals surface area contributed by atoms with Crippen LogP contribution in [0.2, 0.25) is 0 Å². The maximum Gasteiger partial charge on any atom is 0.261 e. The minimum Gasteiger partial charge on any atom is -0.340 e. The second-order valence-corrected chi connectivity index (χ2v) is 9.46. The van der Waals surface area contributed by atoms with Crippen LogP contribution in [0.15, 0.2) is 54.6 Å². The molecule has 9 heteroatoms. The Bertz CT molecular complexity index is 1300. The molecule has 3 aromatic rings. The van der Waals surface area contributed by atoms with Crippen molar-refractivity contribution < 1.29 is 14.4 Å². The van der Waals surface area contributed by atoms with E-state index in [9.17, 15) is 14.4 Å². The second kappa shape index (κ2) is 10.4. The van der Waals surface area contributed by atoms with Gasteiger partial charge in [0.05, 0.1) is 11.1 Å². The van der Waals surface area contributed by atoms with E-state index < -0.39 is 0 Å². The minimum absolute atomic E-state index is 0.0307. The van der Waals surface area contributed by atoms with Gasteiger partial charge in [-0.3, -0.25) is 19.3 Å². The minimum atomic E-state index is -0.281. The predicted molar refractivity (Wildman–Crippen MR) is 141 cm³/mol. The van der Waals surface area contributed by atoms with Crippen LogP contribution in [0.25, 0.3) is 0 Å². The Hall–Kier alpha value is -4.27. The number of piperazine rings is 1. The van der Waals surface area contributed by atoms with E-state index in [1.165, 1.54) is 10.5 Å². The van der Waals surface area contributed by atoms with E-state index in [4.69, 9.17) is 4.98 Å². The third-order valence-electron chi connectivity index (χ3n) is 6.73. The number of nitrogens with zero attached hydrogens (tertiary/aromatic N) is 5. The zero-order chi connectivity index (χ0) is 25.9. The highest BCUT2D eigenvalue weighted by Gasteiger charge is 2.34. The van der Waals surface area contributed by atoms with Crippen molar-refractivity contribution in [3.63, 3.8) is 0 Å². The van der Waals surface area contributed by atoms with Crippen molar-refractivity contribution >= 4 is 35.2 Å². The van der Waals surface area contributed by atoms with Gasteiger partial charge in [0.15, 0.2) is 0 Å². The van der Waals surface area contributed by atoms with Crippen molar-refractivity contribution in [3.05, 3.63) is 77.0 Å². The number of benzene rings is 2. The highest BCUT2D eigenvalue weighted by molar-refractivity contribution is 6.21. The van der Waals surface area contributed by atoms with Crippen molar-refractivity contribution in [2.45, 2.75) is 26.7 Å². The van der Waals surface area contributed by atoms with Gasteiger partial charge in [-0.1, -0.05) is 29.8 Å². The number of hydrogen-bond acceptors (Lipinski definition) is 7. The number of amides is 3. The molecule has 2 aromatic carbocycles. The van der Waals surface area contributed by atoms with Gasteiger partial charge in [-0.25, -0.2) is 4.98 Å². The SMILES string of the molecule is Cc1ccc(Nc2cc(C)nc(N3CCN(C(=O)CCCN4C(=O)c5ccccc5C4=O)CC3)n2)cc1. The molecule has 1 aromatic heterocycles. The fraction of sp³-hybridized carbons (Fsp3) is 0.321. The lowest BCUT2D eigenvalue weighted by Gasteiger charge is -2.35. The Morgan fingerprint density at radius 2 is 1.54 bits per heavy atom. The maximum atomic E-state index is 12.8. The van der Waals surface area contributed by atoms with Gasteiger partial charge < -0.3 is 15.1 Å². The fourth-order valence-electron chi connectivity index (χ4n) is 4.69. The highest BCUT2D eigenvalue weighted by atomic mass is 16.2. The molecule has 190 valence electrons. The molecular weight excluding hydrogens is 468 g/mol. The summed E-state index contributed by atoms with van der Waals surface area (Å²) in [6.07, 6.45) is 0.735. The third kappa shape index (κ3) is 5.30. The monoisotopic (exact) mass is 498 g/mol. The van der Waals surface area contributed by atoms with Crippen molar-refractivity contribution in [3.8, 4) is 0 Å². The summed E-state index contributed by atoms with van der Waals surface area (Å²) >= 11 is 0. The number of fused-ring (bicyclic) bond motifs is 1. The number of hydrogen-bond donors (Lipinski definition) is 1. The zero-order valence-corrected chi connectivity index (χ0v) is 21.1. The van der Waals surface area contributed by atoms with Gasteiger partial charge in [-0.05, 0) is 44.5 Å². The third-order valence-corrected chi connectivity index (χ3v) is 6.73. The van der Waals surface area contributed by atoms with Crippen LogP contribution < -0.4 is 10.2 Å². The molecule has 1 N–H and O–H groups in total. The summed E-state index contributed by atoms with van der Waals surface area (Å²) in [5.41, 5.74) is 3.90. The highest BCUT2D eigenvalue weighted by Crippen LogP contribution is 2.23. The average Bonchev–Trinajstić information content (AvgIpc) is 3.15. The molecule has 2 aliphatic rings. The van der Waals surface area contributed by atoms with E-state index in [2.05, 4.69) is 22.1 Å². The first-order valence-electron chi connectivity index (χ1n) is 12.6. The van der Waals surface area contributed by atoms with Gasteiger partial charge in [0.25, 0.3) is 11.8 Å². The molecule has 0 bridgehead atoms. The molecule has 5 rings (SSSR count). The molecule has 1 fully saturated rings. The van der Waals surface area contributed by atoms with Crippen LogP contribution in [0, 0.1) is 13.8 Å². The second-order valence-electron chi connectivity index (χ2n) is 9.46. The van der Waals surface area contributed by atoms with Gasteiger partial charge in [0.2, 0.25) is 11.9 Å². The Balaban J connectivity index is 1.12. The Morgan fingerprint density at radius 1 is 0.892 bits per heavy atom. The first-order valence-corrected chi connectivity index (χ1v) is 12.6. The van der Waals surface area contributed by atoms with E-state index in [0.29, 0.717) is 56.1 Å². The lowest BCUT2D eigenvalue weighted by Crippen LogP contribution is -2.49. The van der Waals surface area contributed by atoms with E-state index >= 15 is 0 Å². The molecule has 0 atom stereocenters. The summed E-state index contributed by atoms with van der Waals surface area (Å²) in [6, 6.07) is 16.9. The van der Waals surface area contributed by atoms with Gasteiger partial charge in [0, 0.05) is 56.6 Å². The molecule has 0 aliphatic carbocycles. The Labute approximate surface area is 216 Å². The van der Waals surface area contributed by atoms with E-state index in [1.807, 2.05) is 42.2 Å². The number of aryl methyl sites for hydroxylation is 2. The number of carbonyl (C=O) groups excluding carboxylic acids is 3. The number of carbonyl (C=O) groups is 3. The van der Waals surface area contributed by atoms with Crippen LogP contribution in [0.1, 0.15) is 44.8 Å². The van der Waals surface area contributed by atoms with Crippen LogP contribution >= 0.6 is 0 Å². The van der Waals surface area contributed by atoms with Gasteiger partial charge >= 0.3 is 0 Å². The lowest BCUT2D eigenvalue weighted by atomic mass is 10.1. The molecular formula is C28H30N6O3. The topological polar surface area (TPSA) is 98.7 Å². The molecule has 37 heavy (non-hydrogen) atoms. The Morgan fingerprint density at radius 3 is 2.19 bits per heavy atom. The summed E-state index contributed by atoms with van der Waals surface area (Å²) in [6.45, 7) is 6.66. The molecule has 3 amide bonds.